The maximum Gasteiger partial charge on any atom is 0.446 e. The summed E-state index contributed by atoms with van der Waals surface area (Å²) in [6, 6.07) is 24.1. The Morgan fingerprint density at radius 1 is 0.780 bits per heavy atom. The number of rotatable bonds is 10. The maximum absolute atomic E-state index is 13.2. The Hall–Kier alpha value is -3.63. The van der Waals surface area contributed by atoms with Gasteiger partial charge in [-0.2, -0.15) is 26.3 Å². The smallest absolute Gasteiger partial charge is 0.446 e. The SMILES string of the molecule is CCc1cccc(Oc2cccc(N(Cc3cccc(SC(F)(F)F)c3)C(CO)c3ccc(C(F)(F)F)cc3)c2)c1. The first-order chi connectivity index (χ1) is 19.4. The molecular formula is C31H27F6NO2S. The summed E-state index contributed by atoms with van der Waals surface area (Å²) >= 11 is -0.236. The van der Waals surface area contributed by atoms with E-state index < -0.39 is 29.9 Å². The van der Waals surface area contributed by atoms with E-state index in [1.54, 1.807) is 35.2 Å². The van der Waals surface area contributed by atoms with E-state index in [1.165, 1.54) is 30.3 Å². The average molecular weight is 592 g/mol. The first kappa shape index (κ1) is 30.3. The average Bonchev–Trinajstić information content (AvgIpc) is 2.92. The standard InChI is InChI=1S/C31H27F6NO2S/c1-2-21-6-3-9-26(16-21)40-27-10-5-8-25(18-27)38(19-22-7-4-11-28(17-22)41-31(35,36)37)29(20-39)23-12-14-24(15-13-23)30(32,33)34/h3-18,29,39H,2,19-20H2,1H3. The number of hydrogen-bond acceptors (Lipinski definition) is 4. The summed E-state index contributed by atoms with van der Waals surface area (Å²) in [5.41, 5.74) is -2.73. The quantitative estimate of drug-likeness (QED) is 0.147. The lowest BCUT2D eigenvalue weighted by atomic mass is 10.0. The fourth-order valence-electron chi connectivity index (χ4n) is 4.39. The summed E-state index contributed by atoms with van der Waals surface area (Å²) < 4.78 is 84.7. The zero-order valence-corrected chi connectivity index (χ0v) is 22.7. The largest absolute Gasteiger partial charge is 0.457 e. The summed E-state index contributed by atoms with van der Waals surface area (Å²) in [5.74, 6) is 1.10. The van der Waals surface area contributed by atoms with Crippen LogP contribution < -0.4 is 9.64 Å². The van der Waals surface area contributed by atoms with Crippen molar-refractivity contribution in [1.82, 2.24) is 0 Å². The normalized spacial score (nSPS) is 12.7. The molecule has 0 aliphatic carbocycles. The number of aryl methyl sites for hydroxylation is 1. The summed E-state index contributed by atoms with van der Waals surface area (Å²) in [4.78, 5) is 1.73. The van der Waals surface area contributed by atoms with Crippen LogP contribution in [0.25, 0.3) is 0 Å². The predicted octanol–water partition coefficient (Wildman–Crippen LogP) is 9.41. The molecule has 0 aromatic heterocycles. The summed E-state index contributed by atoms with van der Waals surface area (Å²) in [5, 5.41) is 10.4. The molecule has 0 saturated heterocycles. The van der Waals surface area contributed by atoms with Crippen molar-refractivity contribution in [1.29, 1.82) is 0 Å². The van der Waals surface area contributed by atoms with Crippen LogP contribution in [0.4, 0.5) is 32.0 Å². The second-order valence-corrected chi connectivity index (χ2v) is 10.4. The van der Waals surface area contributed by atoms with Crippen molar-refractivity contribution in [2.45, 2.75) is 42.5 Å². The van der Waals surface area contributed by atoms with E-state index in [0.29, 0.717) is 28.3 Å². The van der Waals surface area contributed by atoms with Crippen LogP contribution in [0.5, 0.6) is 11.5 Å². The first-order valence-corrected chi connectivity index (χ1v) is 13.5. The molecule has 10 heteroatoms. The minimum absolute atomic E-state index is 0.00193. The highest BCUT2D eigenvalue weighted by molar-refractivity contribution is 8.00. The number of aliphatic hydroxyl groups excluding tert-OH is 1. The number of nitrogens with zero attached hydrogens (tertiary/aromatic N) is 1. The van der Waals surface area contributed by atoms with Crippen molar-refractivity contribution in [3.05, 3.63) is 119 Å². The van der Waals surface area contributed by atoms with E-state index in [2.05, 4.69) is 0 Å². The number of alkyl halides is 6. The molecule has 0 amide bonds. The van der Waals surface area contributed by atoms with Crippen LogP contribution in [0.2, 0.25) is 0 Å². The van der Waals surface area contributed by atoms with E-state index in [9.17, 15) is 31.4 Å². The van der Waals surface area contributed by atoms with Gasteiger partial charge in [-0.25, -0.2) is 0 Å². The van der Waals surface area contributed by atoms with E-state index in [-0.39, 0.29) is 23.2 Å². The number of hydrogen-bond donors (Lipinski definition) is 1. The number of ether oxygens (including phenoxy) is 1. The third-order valence-electron chi connectivity index (χ3n) is 6.35. The molecule has 1 N–H and O–H groups in total. The molecule has 216 valence electrons. The molecule has 0 aliphatic rings. The molecule has 0 spiro atoms. The monoisotopic (exact) mass is 591 g/mol. The van der Waals surface area contributed by atoms with Crippen LogP contribution >= 0.6 is 11.8 Å². The molecule has 0 heterocycles. The molecule has 0 saturated carbocycles. The highest BCUT2D eigenvalue weighted by Gasteiger charge is 2.31. The van der Waals surface area contributed by atoms with Gasteiger partial charge in [-0.15, -0.1) is 0 Å². The Balaban J connectivity index is 1.72. The van der Waals surface area contributed by atoms with Crippen molar-refractivity contribution in [3.63, 3.8) is 0 Å². The minimum atomic E-state index is -4.52. The first-order valence-electron chi connectivity index (χ1n) is 12.7. The summed E-state index contributed by atoms with van der Waals surface area (Å²) in [6.07, 6.45) is -3.70. The molecule has 4 rings (SSSR count). The van der Waals surface area contributed by atoms with Gasteiger partial charge < -0.3 is 14.7 Å². The van der Waals surface area contributed by atoms with Crippen molar-refractivity contribution >= 4 is 17.4 Å². The Morgan fingerprint density at radius 2 is 1.41 bits per heavy atom. The van der Waals surface area contributed by atoms with Gasteiger partial charge in [0.1, 0.15) is 11.5 Å². The molecule has 0 bridgehead atoms. The van der Waals surface area contributed by atoms with Gasteiger partial charge >= 0.3 is 11.7 Å². The van der Waals surface area contributed by atoms with Gasteiger partial charge in [0.05, 0.1) is 18.2 Å². The van der Waals surface area contributed by atoms with Crippen LogP contribution in [-0.4, -0.2) is 17.2 Å². The fourth-order valence-corrected chi connectivity index (χ4v) is 5.01. The highest BCUT2D eigenvalue weighted by atomic mass is 32.2. The molecule has 0 fully saturated rings. The lowest BCUT2D eigenvalue weighted by molar-refractivity contribution is -0.137. The molecule has 4 aromatic carbocycles. The lowest BCUT2D eigenvalue weighted by Gasteiger charge is -2.33. The van der Waals surface area contributed by atoms with Gasteiger partial charge in [-0.1, -0.05) is 49.4 Å². The second-order valence-electron chi connectivity index (χ2n) is 9.24. The van der Waals surface area contributed by atoms with Crippen LogP contribution in [0.3, 0.4) is 0 Å². The Bertz CT molecular complexity index is 1440. The van der Waals surface area contributed by atoms with Gasteiger partial charge in [0.15, 0.2) is 0 Å². The topological polar surface area (TPSA) is 32.7 Å². The van der Waals surface area contributed by atoms with Gasteiger partial charge in [-0.3, -0.25) is 0 Å². The Labute approximate surface area is 238 Å². The lowest BCUT2D eigenvalue weighted by Crippen LogP contribution is -2.31. The number of aliphatic hydroxyl groups is 1. The molecule has 41 heavy (non-hydrogen) atoms. The Morgan fingerprint density at radius 3 is 2.05 bits per heavy atom. The van der Waals surface area contributed by atoms with Crippen LogP contribution in [0, 0.1) is 0 Å². The third kappa shape index (κ3) is 8.43. The van der Waals surface area contributed by atoms with E-state index in [4.69, 9.17) is 4.74 Å². The predicted molar refractivity (Wildman–Crippen MR) is 148 cm³/mol. The molecule has 0 radical (unpaired) electrons. The fraction of sp³-hybridized carbons (Fsp3) is 0.226. The van der Waals surface area contributed by atoms with E-state index in [0.717, 1.165) is 24.1 Å². The number of halogens is 6. The molecule has 4 aromatic rings. The number of benzene rings is 4. The van der Waals surface area contributed by atoms with Crippen molar-refractivity contribution in [3.8, 4) is 11.5 Å². The third-order valence-corrected chi connectivity index (χ3v) is 7.07. The van der Waals surface area contributed by atoms with Crippen molar-refractivity contribution in [2.24, 2.45) is 0 Å². The molecule has 0 aliphatic heterocycles. The molecular weight excluding hydrogens is 564 g/mol. The zero-order valence-electron chi connectivity index (χ0n) is 21.9. The zero-order chi connectivity index (χ0) is 29.6. The molecule has 3 nitrogen and oxygen atoms in total. The number of anilines is 1. The van der Waals surface area contributed by atoms with E-state index in [1.807, 2.05) is 31.2 Å². The maximum atomic E-state index is 13.2. The van der Waals surface area contributed by atoms with Crippen molar-refractivity contribution in [2.75, 3.05) is 11.5 Å². The van der Waals surface area contributed by atoms with Gasteiger partial charge in [0.25, 0.3) is 0 Å². The minimum Gasteiger partial charge on any atom is -0.457 e. The van der Waals surface area contributed by atoms with E-state index >= 15 is 0 Å². The summed E-state index contributed by atoms with van der Waals surface area (Å²) in [7, 11) is 0. The van der Waals surface area contributed by atoms with Gasteiger partial charge in [-0.05, 0) is 83.4 Å². The number of thioether (sulfide) groups is 1. The van der Waals surface area contributed by atoms with Crippen LogP contribution in [0.1, 0.15) is 35.2 Å². The van der Waals surface area contributed by atoms with Crippen LogP contribution in [-0.2, 0) is 19.1 Å². The Kier molecular flexibility index (Phi) is 9.55. The highest BCUT2D eigenvalue weighted by Crippen LogP contribution is 2.38. The van der Waals surface area contributed by atoms with Gasteiger partial charge in [0.2, 0.25) is 0 Å². The van der Waals surface area contributed by atoms with Crippen molar-refractivity contribution < 1.29 is 36.2 Å². The molecule has 1 atom stereocenters. The van der Waals surface area contributed by atoms with Crippen LogP contribution in [0.15, 0.2) is 102 Å². The molecule has 1 unspecified atom stereocenters. The summed E-state index contributed by atoms with van der Waals surface area (Å²) in [6.45, 7) is 1.62. The second kappa shape index (κ2) is 12.9. The van der Waals surface area contributed by atoms with Gasteiger partial charge in [0, 0.05) is 23.2 Å².